The van der Waals surface area contributed by atoms with E-state index in [1.54, 1.807) is 0 Å². The number of rotatable bonds is 8. The van der Waals surface area contributed by atoms with Crippen molar-refractivity contribution in [2.75, 3.05) is 19.7 Å². The Morgan fingerprint density at radius 2 is 2.10 bits per heavy atom. The van der Waals surface area contributed by atoms with Gasteiger partial charge in [-0.15, -0.1) is 0 Å². The van der Waals surface area contributed by atoms with Crippen LogP contribution < -0.4 is 5.32 Å². The zero-order valence-electron chi connectivity index (χ0n) is 12.4. The fourth-order valence-corrected chi connectivity index (χ4v) is 2.77. The summed E-state index contributed by atoms with van der Waals surface area (Å²) in [6.07, 6.45) is 7.85. The second-order valence-electron chi connectivity index (χ2n) is 5.24. The molecule has 0 aromatic carbocycles. The molecule has 0 bridgehead atoms. The number of ether oxygens (including phenoxy) is 1. The quantitative estimate of drug-likeness (QED) is 0.185. The van der Waals surface area contributed by atoms with Crippen molar-refractivity contribution >= 4 is 5.97 Å². The van der Waals surface area contributed by atoms with Gasteiger partial charge in [0.25, 0.3) is 0 Å². The van der Waals surface area contributed by atoms with Crippen LogP contribution in [-0.4, -0.2) is 31.7 Å². The van der Waals surface area contributed by atoms with Gasteiger partial charge < -0.3 is 10.1 Å². The molecule has 0 saturated heterocycles. The normalized spacial score (nSPS) is 17.9. The lowest BCUT2D eigenvalue weighted by Crippen LogP contribution is -2.44. The van der Waals surface area contributed by atoms with Crippen molar-refractivity contribution in [3.8, 4) is 0 Å². The largest absolute Gasteiger partial charge is 0.465 e. The first-order valence-electron chi connectivity index (χ1n) is 7.70. The minimum absolute atomic E-state index is 0.136. The molecule has 0 aromatic heterocycles. The van der Waals surface area contributed by atoms with Gasteiger partial charge in [-0.3, -0.25) is 4.79 Å². The molecule has 1 fully saturated rings. The third-order valence-corrected chi connectivity index (χ3v) is 3.77. The van der Waals surface area contributed by atoms with Gasteiger partial charge in [-0.05, 0) is 44.2 Å². The number of azide groups is 1. The molecular formula is C14H26N4O2. The number of carbonyl (C=O) groups excluding carboxylic acids is 1. The first-order valence-corrected chi connectivity index (χ1v) is 7.70. The molecule has 1 aliphatic rings. The van der Waals surface area contributed by atoms with Crippen LogP contribution in [0.3, 0.4) is 0 Å². The maximum Gasteiger partial charge on any atom is 0.323 e. The molecule has 114 valence electrons. The molecule has 0 radical (unpaired) electrons. The molecule has 1 N–H and O–H groups in total. The van der Waals surface area contributed by atoms with Crippen molar-refractivity contribution in [3.63, 3.8) is 0 Å². The lowest BCUT2D eigenvalue weighted by molar-refractivity contribution is -0.147. The number of esters is 1. The van der Waals surface area contributed by atoms with Gasteiger partial charge >= 0.3 is 5.97 Å². The topological polar surface area (TPSA) is 87.1 Å². The van der Waals surface area contributed by atoms with E-state index >= 15 is 0 Å². The standard InChI is InChI=1S/C14H26N4O2/c1-2-20-14(19)13(16-10-7-11-17-18-15)12-8-5-3-4-6-9-12/h12-13,16H,2-11H2,1H3. The van der Waals surface area contributed by atoms with Gasteiger partial charge in [0, 0.05) is 11.5 Å². The summed E-state index contributed by atoms with van der Waals surface area (Å²) in [5, 5.41) is 6.80. The Balaban J connectivity index is 2.49. The van der Waals surface area contributed by atoms with Crippen LogP contribution in [0.1, 0.15) is 51.9 Å². The first kappa shape index (κ1) is 16.8. The average molecular weight is 282 g/mol. The van der Waals surface area contributed by atoms with Gasteiger partial charge in [0.2, 0.25) is 0 Å². The summed E-state index contributed by atoms with van der Waals surface area (Å²) in [7, 11) is 0. The van der Waals surface area contributed by atoms with E-state index in [9.17, 15) is 4.79 Å². The first-order chi connectivity index (χ1) is 9.79. The summed E-state index contributed by atoms with van der Waals surface area (Å²) in [6.45, 7) is 3.40. The molecule has 6 heteroatoms. The van der Waals surface area contributed by atoms with E-state index in [0.29, 0.717) is 25.6 Å². The van der Waals surface area contributed by atoms with Crippen molar-refractivity contribution in [3.05, 3.63) is 10.4 Å². The summed E-state index contributed by atoms with van der Waals surface area (Å²) in [5.41, 5.74) is 8.23. The Morgan fingerprint density at radius 3 is 2.70 bits per heavy atom. The summed E-state index contributed by atoms with van der Waals surface area (Å²) < 4.78 is 5.19. The third-order valence-electron chi connectivity index (χ3n) is 3.77. The molecule has 20 heavy (non-hydrogen) atoms. The van der Waals surface area contributed by atoms with Crippen LogP contribution in [0.15, 0.2) is 5.11 Å². The molecule has 0 spiro atoms. The fourth-order valence-electron chi connectivity index (χ4n) is 2.77. The third kappa shape index (κ3) is 6.26. The second kappa shape index (κ2) is 10.5. The number of nitrogens with zero attached hydrogens (tertiary/aromatic N) is 3. The summed E-state index contributed by atoms with van der Waals surface area (Å²) in [5.74, 6) is 0.235. The van der Waals surface area contributed by atoms with Crippen LogP contribution in [0, 0.1) is 5.92 Å². The Morgan fingerprint density at radius 1 is 1.40 bits per heavy atom. The van der Waals surface area contributed by atoms with Crippen molar-refractivity contribution in [2.24, 2.45) is 11.0 Å². The molecule has 1 aliphatic carbocycles. The van der Waals surface area contributed by atoms with Crippen LogP contribution >= 0.6 is 0 Å². The average Bonchev–Trinajstić information content (AvgIpc) is 2.72. The van der Waals surface area contributed by atoms with Crippen LogP contribution in [0.4, 0.5) is 0 Å². The molecule has 0 heterocycles. The Hall–Kier alpha value is -1.26. The van der Waals surface area contributed by atoms with Gasteiger partial charge in [0.05, 0.1) is 6.61 Å². The summed E-state index contributed by atoms with van der Waals surface area (Å²) in [6, 6.07) is -0.209. The minimum Gasteiger partial charge on any atom is -0.465 e. The number of hydrogen-bond donors (Lipinski definition) is 1. The van der Waals surface area contributed by atoms with E-state index in [-0.39, 0.29) is 12.0 Å². The molecule has 1 rings (SSSR count). The highest BCUT2D eigenvalue weighted by atomic mass is 16.5. The Kier molecular flexibility index (Phi) is 8.83. The van der Waals surface area contributed by atoms with Gasteiger partial charge in [0.15, 0.2) is 0 Å². The highest BCUT2D eigenvalue weighted by Crippen LogP contribution is 2.26. The predicted molar refractivity (Wildman–Crippen MR) is 78.2 cm³/mol. The minimum atomic E-state index is -0.209. The van der Waals surface area contributed by atoms with Crippen LogP contribution in [0.2, 0.25) is 0 Å². The van der Waals surface area contributed by atoms with Gasteiger partial charge in [-0.2, -0.15) is 0 Å². The molecule has 0 aromatic rings. The lowest BCUT2D eigenvalue weighted by Gasteiger charge is -2.25. The van der Waals surface area contributed by atoms with Crippen molar-refractivity contribution in [2.45, 2.75) is 57.9 Å². The molecular weight excluding hydrogens is 256 g/mol. The number of hydrogen-bond acceptors (Lipinski definition) is 4. The summed E-state index contributed by atoms with van der Waals surface area (Å²) >= 11 is 0. The van der Waals surface area contributed by atoms with Crippen LogP contribution in [0.5, 0.6) is 0 Å². The highest BCUT2D eigenvalue weighted by Gasteiger charge is 2.29. The molecule has 1 unspecified atom stereocenters. The van der Waals surface area contributed by atoms with Gasteiger partial charge in [-0.1, -0.05) is 30.8 Å². The van der Waals surface area contributed by atoms with Crippen LogP contribution in [0.25, 0.3) is 10.4 Å². The van der Waals surface area contributed by atoms with E-state index in [0.717, 1.165) is 19.3 Å². The molecule has 1 saturated carbocycles. The van der Waals surface area contributed by atoms with E-state index in [4.69, 9.17) is 10.3 Å². The second-order valence-corrected chi connectivity index (χ2v) is 5.24. The molecule has 1 atom stereocenters. The maximum absolute atomic E-state index is 12.1. The monoisotopic (exact) mass is 282 g/mol. The van der Waals surface area contributed by atoms with E-state index in [2.05, 4.69) is 15.3 Å². The molecule has 0 aliphatic heterocycles. The van der Waals surface area contributed by atoms with Crippen molar-refractivity contribution in [1.29, 1.82) is 0 Å². The maximum atomic E-state index is 12.1. The van der Waals surface area contributed by atoms with Gasteiger partial charge in [-0.25, -0.2) is 0 Å². The number of nitrogens with one attached hydrogen (secondary N) is 1. The summed E-state index contributed by atoms with van der Waals surface area (Å²) in [4.78, 5) is 14.8. The molecule has 6 nitrogen and oxygen atoms in total. The Labute approximate surface area is 120 Å². The van der Waals surface area contributed by atoms with E-state index < -0.39 is 0 Å². The van der Waals surface area contributed by atoms with Crippen molar-refractivity contribution in [1.82, 2.24) is 5.32 Å². The lowest BCUT2D eigenvalue weighted by atomic mass is 9.91. The number of carbonyl (C=O) groups is 1. The van der Waals surface area contributed by atoms with Gasteiger partial charge in [0.1, 0.15) is 6.04 Å². The molecule has 0 amide bonds. The zero-order chi connectivity index (χ0) is 14.6. The van der Waals surface area contributed by atoms with Crippen LogP contribution in [-0.2, 0) is 9.53 Å². The SMILES string of the molecule is CCOC(=O)C(NCCCN=[N+]=[N-])C1CCCCCC1. The smallest absolute Gasteiger partial charge is 0.323 e. The predicted octanol–water partition coefficient (Wildman–Crippen LogP) is 3.18. The van der Waals surface area contributed by atoms with E-state index in [1.165, 1.54) is 25.7 Å². The zero-order valence-corrected chi connectivity index (χ0v) is 12.4. The van der Waals surface area contributed by atoms with E-state index in [1.807, 2.05) is 6.92 Å². The Bertz CT molecular complexity index is 321. The van der Waals surface area contributed by atoms with Crippen molar-refractivity contribution < 1.29 is 9.53 Å². The fraction of sp³-hybridized carbons (Fsp3) is 0.929. The highest BCUT2D eigenvalue weighted by molar-refractivity contribution is 5.76.